The van der Waals surface area contributed by atoms with E-state index in [-0.39, 0.29) is 5.91 Å². The van der Waals surface area contributed by atoms with Crippen molar-refractivity contribution in [1.82, 2.24) is 10.3 Å². The first kappa shape index (κ1) is 12.0. The summed E-state index contributed by atoms with van der Waals surface area (Å²) >= 11 is 4.96. The van der Waals surface area contributed by atoms with Crippen LogP contribution < -0.4 is 5.32 Å². The first-order chi connectivity index (χ1) is 7.70. The van der Waals surface area contributed by atoms with Crippen LogP contribution in [0, 0.1) is 12.8 Å². The number of hydrogen-bond donors (Lipinski definition) is 1. The van der Waals surface area contributed by atoms with E-state index in [2.05, 4.69) is 26.2 Å². The Bertz CT molecular complexity index is 380. The van der Waals surface area contributed by atoms with Gasteiger partial charge >= 0.3 is 0 Å². The molecule has 2 rings (SSSR count). The van der Waals surface area contributed by atoms with Gasteiger partial charge < -0.3 is 5.32 Å². The van der Waals surface area contributed by atoms with Gasteiger partial charge in [-0.25, -0.2) is 4.98 Å². The topological polar surface area (TPSA) is 42.0 Å². The van der Waals surface area contributed by atoms with Gasteiger partial charge in [-0.2, -0.15) is 0 Å². The van der Waals surface area contributed by atoms with E-state index in [4.69, 9.17) is 0 Å². The van der Waals surface area contributed by atoms with E-state index in [1.54, 1.807) is 6.20 Å². The van der Waals surface area contributed by atoms with Gasteiger partial charge in [-0.05, 0) is 25.7 Å². The van der Waals surface area contributed by atoms with Gasteiger partial charge in [0.05, 0.1) is 11.2 Å². The summed E-state index contributed by atoms with van der Waals surface area (Å²) in [5, 5.41) is 5.02. The van der Waals surface area contributed by atoms with Crippen molar-refractivity contribution in [2.75, 3.05) is 5.33 Å². The molecule has 1 aromatic rings. The summed E-state index contributed by atoms with van der Waals surface area (Å²) in [5.74, 6) is 0.612. The highest BCUT2D eigenvalue weighted by molar-refractivity contribution is 9.09. The zero-order valence-corrected chi connectivity index (χ0v) is 11.6. The second kappa shape index (κ2) is 5.27. The first-order valence-corrected chi connectivity index (χ1v) is 7.43. The summed E-state index contributed by atoms with van der Waals surface area (Å²) in [6, 6.07) is 0.328. The molecule has 1 aromatic heterocycles. The molecule has 88 valence electrons. The molecule has 0 spiro atoms. The molecule has 5 heteroatoms. The normalized spacial score (nSPS) is 24.6. The molecule has 1 amide bonds. The number of rotatable bonds is 3. The maximum Gasteiger partial charge on any atom is 0.263 e. The van der Waals surface area contributed by atoms with E-state index in [9.17, 15) is 4.79 Å². The Morgan fingerprint density at radius 1 is 1.69 bits per heavy atom. The Kier molecular flexibility index (Phi) is 3.97. The lowest BCUT2D eigenvalue weighted by Crippen LogP contribution is -2.37. The molecule has 0 bridgehead atoms. The number of carbonyl (C=O) groups is 1. The Labute approximate surface area is 108 Å². The van der Waals surface area contributed by atoms with Gasteiger partial charge in [0.1, 0.15) is 4.88 Å². The fourth-order valence-electron chi connectivity index (χ4n) is 2.12. The lowest BCUT2D eigenvalue weighted by Gasteiger charge is -2.18. The molecule has 0 saturated heterocycles. The van der Waals surface area contributed by atoms with Gasteiger partial charge in [-0.1, -0.05) is 22.4 Å². The molecule has 0 aromatic carbocycles. The quantitative estimate of drug-likeness (QED) is 0.872. The van der Waals surface area contributed by atoms with Crippen molar-refractivity contribution < 1.29 is 4.79 Å². The molecule has 1 aliphatic carbocycles. The van der Waals surface area contributed by atoms with Crippen LogP contribution in [0.1, 0.15) is 33.9 Å². The number of nitrogens with one attached hydrogen (secondary N) is 1. The van der Waals surface area contributed by atoms with Crippen molar-refractivity contribution >= 4 is 33.2 Å². The average Bonchev–Trinajstić information content (AvgIpc) is 2.86. The lowest BCUT2D eigenvalue weighted by atomic mass is 10.1. The third-order valence-corrected chi connectivity index (χ3v) is 4.76. The molecule has 1 aliphatic rings. The van der Waals surface area contributed by atoms with Crippen LogP contribution in [-0.4, -0.2) is 22.3 Å². The summed E-state index contributed by atoms with van der Waals surface area (Å²) in [6.45, 7) is 1.91. The largest absolute Gasteiger partial charge is 0.348 e. The molecule has 3 nitrogen and oxygen atoms in total. The minimum absolute atomic E-state index is 0.0310. The Morgan fingerprint density at radius 3 is 3.12 bits per heavy atom. The van der Waals surface area contributed by atoms with Crippen LogP contribution in [0.2, 0.25) is 0 Å². The van der Waals surface area contributed by atoms with Crippen molar-refractivity contribution in [3.05, 3.63) is 16.1 Å². The predicted octanol–water partition coefficient (Wildman–Crippen LogP) is 2.74. The zero-order valence-electron chi connectivity index (χ0n) is 9.20. The van der Waals surface area contributed by atoms with Crippen LogP contribution in [-0.2, 0) is 0 Å². The summed E-state index contributed by atoms with van der Waals surface area (Å²) in [7, 11) is 0. The Balaban J connectivity index is 1.97. The lowest BCUT2D eigenvalue weighted by molar-refractivity contribution is 0.0934. The van der Waals surface area contributed by atoms with Crippen LogP contribution in [0.5, 0.6) is 0 Å². The van der Waals surface area contributed by atoms with Crippen molar-refractivity contribution in [2.24, 2.45) is 5.92 Å². The minimum atomic E-state index is 0.0310. The zero-order chi connectivity index (χ0) is 11.5. The van der Waals surface area contributed by atoms with Crippen LogP contribution in [0.4, 0.5) is 0 Å². The van der Waals surface area contributed by atoms with Gasteiger partial charge in [0.25, 0.3) is 5.91 Å². The van der Waals surface area contributed by atoms with Crippen molar-refractivity contribution in [3.63, 3.8) is 0 Å². The number of thiazole rings is 1. The fraction of sp³-hybridized carbons (Fsp3) is 0.636. The van der Waals surface area contributed by atoms with Crippen molar-refractivity contribution in [2.45, 2.75) is 32.2 Å². The molecule has 0 radical (unpaired) electrons. The fourth-order valence-corrected chi connectivity index (χ4v) is 3.57. The summed E-state index contributed by atoms with van der Waals surface area (Å²) in [6.07, 6.45) is 5.17. The highest BCUT2D eigenvalue weighted by atomic mass is 79.9. The number of carbonyl (C=O) groups excluding carboxylic acids is 1. The molecule has 0 aliphatic heterocycles. The van der Waals surface area contributed by atoms with Crippen LogP contribution in [0.15, 0.2) is 6.20 Å². The molecule has 2 unspecified atom stereocenters. The number of nitrogens with zero attached hydrogens (tertiary/aromatic N) is 1. The van der Waals surface area contributed by atoms with Gasteiger partial charge in [0.2, 0.25) is 0 Å². The van der Waals surface area contributed by atoms with Gasteiger partial charge in [0.15, 0.2) is 0 Å². The van der Waals surface area contributed by atoms with Gasteiger partial charge in [-0.15, -0.1) is 11.3 Å². The van der Waals surface area contributed by atoms with E-state index in [0.717, 1.165) is 21.6 Å². The average molecular weight is 303 g/mol. The second-order valence-corrected chi connectivity index (χ2v) is 6.05. The second-order valence-electron chi connectivity index (χ2n) is 4.17. The highest BCUT2D eigenvalue weighted by Crippen LogP contribution is 2.27. The van der Waals surface area contributed by atoms with E-state index in [1.165, 1.54) is 24.2 Å². The van der Waals surface area contributed by atoms with E-state index in [0.29, 0.717) is 12.0 Å². The summed E-state index contributed by atoms with van der Waals surface area (Å²) in [4.78, 5) is 16.7. The van der Waals surface area contributed by atoms with Crippen molar-refractivity contribution in [1.29, 1.82) is 0 Å². The SMILES string of the molecule is Cc1ncc(C(=O)NC2CCCC2CBr)s1. The molecular formula is C11H15BrN2OS. The number of aromatic nitrogens is 1. The third kappa shape index (κ3) is 2.63. The highest BCUT2D eigenvalue weighted by Gasteiger charge is 2.28. The third-order valence-electron chi connectivity index (χ3n) is 3.02. The monoisotopic (exact) mass is 302 g/mol. The van der Waals surface area contributed by atoms with Crippen LogP contribution >= 0.6 is 27.3 Å². The Morgan fingerprint density at radius 2 is 2.50 bits per heavy atom. The number of amides is 1. The van der Waals surface area contributed by atoms with Gasteiger partial charge in [0, 0.05) is 11.4 Å². The Hall–Kier alpha value is -0.420. The smallest absolute Gasteiger partial charge is 0.263 e. The van der Waals surface area contributed by atoms with E-state index in [1.807, 2.05) is 6.92 Å². The minimum Gasteiger partial charge on any atom is -0.348 e. The maximum atomic E-state index is 11.9. The maximum absolute atomic E-state index is 11.9. The molecule has 1 fully saturated rings. The number of hydrogen-bond acceptors (Lipinski definition) is 3. The molecular weight excluding hydrogens is 288 g/mol. The molecule has 1 saturated carbocycles. The van der Waals surface area contributed by atoms with Crippen LogP contribution in [0.3, 0.4) is 0 Å². The van der Waals surface area contributed by atoms with Crippen molar-refractivity contribution in [3.8, 4) is 0 Å². The van der Waals surface area contributed by atoms with E-state index < -0.39 is 0 Å². The molecule has 2 atom stereocenters. The van der Waals surface area contributed by atoms with Gasteiger partial charge in [-0.3, -0.25) is 4.79 Å². The standard InChI is InChI=1S/C11H15BrN2OS/c1-7-13-6-10(16-7)11(15)14-9-4-2-3-8(9)5-12/h6,8-9H,2-5H2,1H3,(H,14,15). The number of halogens is 1. The molecule has 16 heavy (non-hydrogen) atoms. The summed E-state index contributed by atoms with van der Waals surface area (Å²) < 4.78 is 0. The molecule has 1 heterocycles. The molecule has 1 N–H and O–H groups in total. The van der Waals surface area contributed by atoms with Crippen LogP contribution in [0.25, 0.3) is 0 Å². The predicted molar refractivity (Wildman–Crippen MR) is 69.2 cm³/mol. The number of aryl methyl sites for hydroxylation is 1. The summed E-state index contributed by atoms with van der Waals surface area (Å²) in [5.41, 5.74) is 0. The first-order valence-electron chi connectivity index (χ1n) is 5.50. The van der Waals surface area contributed by atoms with E-state index >= 15 is 0 Å². The number of alkyl halides is 1.